The second-order valence-corrected chi connectivity index (χ2v) is 4.15. The van der Waals surface area contributed by atoms with E-state index in [1.807, 2.05) is 0 Å². The monoisotopic (exact) mass is 233 g/mol. The number of oxime groups is 1. The first-order valence-electron chi connectivity index (χ1n) is 5.82. The maximum atomic E-state index is 11.6. The fourth-order valence-electron chi connectivity index (χ4n) is 1.84. The van der Waals surface area contributed by atoms with Crippen LogP contribution in [0.15, 0.2) is 29.4 Å². The summed E-state index contributed by atoms with van der Waals surface area (Å²) in [4.78, 5) is 16.5. The summed E-state index contributed by atoms with van der Waals surface area (Å²) < 4.78 is 0. The lowest BCUT2D eigenvalue weighted by molar-refractivity contribution is 0.0513. The minimum atomic E-state index is -0.529. The average Bonchev–Trinajstić information content (AvgIpc) is 2.37. The largest absolute Gasteiger partial charge is 0.508 e. The van der Waals surface area contributed by atoms with Crippen LogP contribution in [-0.2, 0) is 4.84 Å². The highest BCUT2D eigenvalue weighted by molar-refractivity contribution is 5.91. The number of rotatable bonds is 2. The summed E-state index contributed by atoms with van der Waals surface area (Å²) in [5.74, 6) is -0.483. The number of carbonyl (C=O) groups excluding carboxylic acids is 1. The molecule has 1 saturated carbocycles. The van der Waals surface area contributed by atoms with Gasteiger partial charge in [0.2, 0.25) is 0 Å². The smallest absolute Gasteiger partial charge is 0.365 e. The van der Waals surface area contributed by atoms with Gasteiger partial charge in [0, 0.05) is 0 Å². The van der Waals surface area contributed by atoms with E-state index < -0.39 is 5.97 Å². The van der Waals surface area contributed by atoms with Gasteiger partial charge < -0.3 is 9.94 Å². The predicted molar refractivity (Wildman–Crippen MR) is 64.0 cm³/mol. The van der Waals surface area contributed by atoms with Crippen LogP contribution in [0.5, 0.6) is 5.75 Å². The topological polar surface area (TPSA) is 58.9 Å². The first-order chi connectivity index (χ1) is 8.25. The average molecular weight is 233 g/mol. The van der Waals surface area contributed by atoms with Crippen LogP contribution in [0, 0.1) is 0 Å². The van der Waals surface area contributed by atoms with Crippen molar-refractivity contribution in [2.24, 2.45) is 5.16 Å². The zero-order valence-electron chi connectivity index (χ0n) is 9.56. The Labute approximate surface area is 99.9 Å². The second-order valence-electron chi connectivity index (χ2n) is 4.15. The normalized spacial score (nSPS) is 15.4. The summed E-state index contributed by atoms with van der Waals surface area (Å²) in [5.41, 5.74) is 1.26. The Morgan fingerprint density at radius 3 is 2.71 bits per heavy atom. The molecule has 2 rings (SSSR count). The highest BCUT2D eigenvalue weighted by Crippen LogP contribution is 2.16. The molecule has 17 heavy (non-hydrogen) atoms. The standard InChI is InChI=1S/C13H15NO3/c15-12-8-4-5-10(9-12)13(16)17-14-11-6-2-1-3-7-11/h4-5,8-9,15H,1-3,6-7H2. The van der Waals surface area contributed by atoms with Crippen molar-refractivity contribution in [2.45, 2.75) is 32.1 Å². The molecule has 1 aliphatic rings. The first-order valence-corrected chi connectivity index (χ1v) is 5.82. The van der Waals surface area contributed by atoms with Gasteiger partial charge in [-0.1, -0.05) is 17.6 Å². The van der Waals surface area contributed by atoms with Crippen LogP contribution < -0.4 is 0 Å². The van der Waals surface area contributed by atoms with E-state index in [0.717, 1.165) is 31.4 Å². The SMILES string of the molecule is O=C(ON=C1CCCCC1)c1cccc(O)c1. The van der Waals surface area contributed by atoms with Crippen LogP contribution in [0.25, 0.3) is 0 Å². The number of hydrogen-bond acceptors (Lipinski definition) is 4. The third-order valence-corrected chi connectivity index (χ3v) is 2.77. The molecule has 0 bridgehead atoms. The minimum Gasteiger partial charge on any atom is -0.508 e. The van der Waals surface area contributed by atoms with E-state index in [1.165, 1.54) is 18.6 Å². The Morgan fingerprint density at radius 1 is 1.24 bits per heavy atom. The Bertz CT molecular complexity index is 432. The summed E-state index contributed by atoms with van der Waals surface area (Å²) in [5, 5.41) is 13.1. The Morgan fingerprint density at radius 2 is 2.00 bits per heavy atom. The number of phenols is 1. The van der Waals surface area contributed by atoms with E-state index >= 15 is 0 Å². The van der Waals surface area contributed by atoms with Gasteiger partial charge in [0.25, 0.3) is 0 Å². The zero-order valence-corrected chi connectivity index (χ0v) is 9.56. The quantitative estimate of drug-likeness (QED) is 0.631. The number of nitrogens with zero attached hydrogens (tertiary/aromatic N) is 1. The molecule has 90 valence electrons. The van der Waals surface area contributed by atoms with E-state index in [0.29, 0.717) is 5.56 Å². The lowest BCUT2D eigenvalue weighted by Gasteiger charge is -2.10. The van der Waals surface area contributed by atoms with Crippen molar-refractivity contribution in [3.63, 3.8) is 0 Å². The van der Waals surface area contributed by atoms with E-state index in [1.54, 1.807) is 12.1 Å². The van der Waals surface area contributed by atoms with Crippen LogP contribution in [0.2, 0.25) is 0 Å². The maximum absolute atomic E-state index is 11.6. The van der Waals surface area contributed by atoms with Gasteiger partial charge in [-0.25, -0.2) is 4.79 Å². The van der Waals surface area contributed by atoms with Crippen molar-refractivity contribution in [3.05, 3.63) is 29.8 Å². The number of benzene rings is 1. The van der Waals surface area contributed by atoms with Crippen molar-refractivity contribution in [3.8, 4) is 5.75 Å². The van der Waals surface area contributed by atoms with Crippen LogP contribution in [0.4, 0.5) is 0 Å². The lowest BCUT2D eigenvalue weighted by atomic mass is 9.99. The van der Waals surface area contributed by atoms with Crippen LogP contribution >= 0.6 is 0 Å². The Hall–Kier alpha value is -1.84. The molecule has 1 fully saturated rings. The van der Waals surface area contributed by atoms with Gasteiger partial charge >= 0.3 is 5.97 Å². The number of hydrogen-bond donors (Lipinski definition) is 1. The van der Waals surface area contributed by atoms with Gasteiger partial charge in [-0.2, -0.15) is 0 Å². The molecule has 0 unspecified atom stereocenters. The van der Waals surface area contributed by atoms with Crippen molar-refractivity contribution >= 4 is 11.7 Å². The second kappa shape index (κ2) is 5.48. The molecule has 0 saturated heterocycles. The molecule has 1 aromatic rings. The van der Waals surface area contributed by atoms with E-state index in [2.05, 4.69) is 5.16 Å². The summed E-state index contributed by atoms with van der Waals surface area (Å²) in [6.45, 7) is 0. The molecule has 0 heterocycles. The van der Waals surface area contributed by atoms with Crippen molar-refractivity contribution in [1.82, 2.24) is 0 Å². The molecule has 1 aliphatic carbocycles. The van der Waals surface area contributed by atoms with Crippen molar-refractivity contribution in [1.29, 1.82) is 0 Å². The first kappa shape index (κ1) is 11.6. The maximum Gasteiger partial charge on any atom is 0.365 e. The van der Waals surface area contributed by atoms with Gasteiger partial charge in [0.1, 0.15) is 5.75 Å². The summed E-state index contributed by atoms with van der Waals surface area (Å²) in [6, 6.07) is 6.05. The third kappa shape index (κ3) is 3.31. The molecule has 0 aliphatic heterocycles. The molecule has 0 atom stereocenters. The molecular formula is C13H15NO3. The van der Waals surface area contributed by atoms with Gasteiger partial charge in [-0.3, -0.25) is 0 Å². The molecular weight excluding hydrogens is 218 g/mol. The Kier molecular flexibility index (Phi) is 3.75. The zero-order chi connectivity index (χ0) is 12.1. The molecule has 4 heteroatoms. The third-order valence-electron chi connectivity index (χ3n) is 2.77. The summed E-state index contributed by atoms with van der Waals surface area (Å²) >= 11 is 0. The molecule has 0 radical (unpaired) electrons. The van der Waals surface area contributed by atoms with Gasteiger partial charge in [-0.05, 0) is 43.9 Å². The molecule has 1 aromatic carbocycles. The van der Waals surface area contributed by atoms with E-state index in [9.17, 15) is 9.90 Å². The lowest BCUT2D eigenvalue weighted by Crippen LogP contribution is -2.08. The number of aromatic hydroxyl groups is 1. The van der Waals surface area contributed by atoms with Gasteiger partial charge in [-0.15, -0.1) is 0 Å². The fraction of sp³-hybridized carbons (Fsp3) is 0.385. The summed E-state index contributed by atoms with van der Waals surface area (Å²) in [7, 11) is 0. The number of carbonyl (C=O) groups is 1. The van der Waals surface area contributed by atoms with Crippen molar-refractivity contribution in [2.75, 3.05) is 0 Å². The molecule has 1 N–H and O–H groups in total. The van der Waals surface area contributed by atoms with Crippen LogP contribution in [0.1, 0.15) is 42.5 Å². The minimum absolute atomic E-state index is 0.0461. The molecule has 0 amide bonds. The molecule has 0 spiro atoms. The van der Waals surface area contributed by atoms with Gasteiger partial charge in [0.15, 0.2) is 0 Å². The molecule has 4 nitrogen and oxygen atoms in total. The Balaban J connectivity index is 1.97. The van der Waals surface area contributed by atoms with E-state index in [-0.39, 0.29) is 5.75 Å². The number of phenolic OH excluding ortho intramolecular Hbond substituents is 1. The predicted octanol–water partition coefficient (Wildman–Crippen LogP) is 2.87. The van der Waals surface area contributed by atoms with E-state index in [4.69, 9.17) is 4.84 Å². The van der Waals surface area contributed by atoms with Gasteiger partial charge in [0.05, 0.1) is 11.3 Å². The van der Waals surface area contributed by atoms with Crippen molar-refractivity contribution < 1.29 is 14.7 Å². The fourth-order valence-corrected chi connectivity index (χ4v) is 1.84. The summed E-state index contributed by atoms with van der Waals surface area (Å²) in [6.07, 6.45) is 5.27. The highest BCUT2D eigenvalue weighted by Gasteiger charge is 2.10. The van der Waals surface area contributed by atoms with Crippen LogP contribution in [0.3, 0.4) is 0 Å². The highest BCUT2D eigenvalue weighted by atomic mass is 16.7. The molecule has 0 aromatic heterocycles. The van der Waals surface area contributed by atoms with Crippen LogP contribution in [-0.4, -0.2) is 16.8 Å².